The summed E-state index contributed by atoms with van der Waals surface area (Å²) < 4.78 is 35.6. The summed E-state index contributed by atoms with van der Waals surface area (Å²) in [4.78, 5) is 30.2. The van der Waals surface area contributed by atoms with Crippen LogP contribution in [-0.4, -0.2) is 49.9 Å². The molecule has 0 aromatic heterocycles. The zero-order valence-electron chi connectivity index (χ0n) is 27.7. The molecule has 0 spiro atoms. The molecule has 0 aliphatic rings. The predicted octanol–water partition coefficient (Wildman–Crippen LogP) is 7.45. The van der Waals surface area contributed by atoms with E-state index in [0.717, 1.165) is 15.4 Å². The Morgan fingerprint density at radius 2 is 1.50 bits per heavy atom. The number of ether oxygens (including phenoxy) is 1. The normalized spacial score (nSPS) is 12.2. The molecule has 0 fully saturated rings. The van der Waals surface area contributed by atoms with Crippen LogP contribution in [0.1, 0.15) is 44.4 Å². The summed E-state index contributed by atoms with van der Waals surface area (Å²) in [5, 5.41) is 3.65. The van der Waals surface area contributed by atoms with Crippen molar-refractivity contribution in [2.24, 2.45) is 0 Å². The monoisotopic (exact) mass is 709 g/mol. The minimum atomic E-state index is -4.29. The maximum absolute atomic E-state index is 14.7. The third-order valence-corrected chi connectivity index (χ3v) is 9.94. The first-order chi connectivity index (χ1) is 22.7. The van der Waals surface area contributed by atoms with Crippen molar-refractivity contribution in [1.82, 2.24) is 10.2 Å². The van der Waals surface area contributed by atoms with Crippen molar-refractivity contribution in [3.8, 4) is 5.75 Å². The number of rotatable bonds is 13. The van der Waals surface area contributed by atoms with Crippen LogP contribution >= 0.6 is 23.2 Å². The summed E-state index contributed by atoms with van der Waals surface area (Å²) in [5.74, 6) is -0.693. The number of sulfonamides is 1. The molecule has 0 saturated heterocycles. The van der Waals surface area contributed by atoms with Crippen molar-refractivity contribution in [2.45, 2.75) is 64.1 Å². The van der Waals surface area contributed by atoms with Crippen molar-refractivity contribution in [3.63, 3.8) is 0 Å². The lowest BCUT2D eigenvalue weighted by molar-refractivity contribution is -0.140. The highest BCUT2D eigenvalue weighted by Gasteiger charge is 2.36. The molecule has 4 rings (SSSR count). The molecule has 11 heteroatoms. The van der Waals surface area contributed by atoms with Crippen LogP contribution in [0.25, 0.3) is 0 Å². The van der Waals surface area contributed by atoms with Crippen LogP contribution in [0, 0.1) is 6.92 Å². The third-order valence-electron chi connectivity index (χ3n) is 7.43. The van der Waals surface area contributed by atoms with E-state index in [1.165, 1.54) is 17.0 Å². The molecule has 1 N–H and O–H groups in total. The fraction of sp³-hybridized carbons (Fsp3) is 0.297. The number of nitrogens with zero attached hydrogens (tertiary/aromatic N) is 2. The number of nitrogens with one attached hydrogen (secondary N) is 1. The van der Waals surface area contributed by atoms with E-state index >= 15 is 0 Å². The molecule has 254 valence electrons. The van der Waals surface area contributed by atoms with Crippen molar-refractivity contribution < 1.29 is 22.7 Å². The van der Waals surface area contributed by atoms with E-state index in [1.807, 2.05) is 58.0 Å². The average Bonchev–Trinajstić information content (AvgIpc) is 3.03. The van der Waals surface area contributed by atoms with Crippen LogP contribution in [0.5, 0.6) is 5.75 Å². The smallest absolute Gasteiger partial charge is 0.264 e. The van der Waals surface area contributed by atoms with Crippen LogP contribution < -0.4 is 14.4 Å². The fourth-order valence-corrected chi connectivity index (χ4v) is 6.88. The van der Waals surface area contributed by atoms with Crippen LogP contribution in [0.2, 0.25) is 10.0 Å². The van der Waals surface area contributed by atoms with Crippen molar-refractivity contribution in [2.75, 3.05) is 17.5 Å². The van der Waals surface area contributed by atoms with E-state index in [9.17, 15) is 18.0 Å². The van der Waals surface area contributed by atoms with E-state index in [-0.39, 0.29) is 41.1 Å². The topological polar surface area (TPSA) is 96.0 Å². The van der Waals surface area contributed by atoms with E-state index in [4.69, 9.17) is 27.9 Å². The van der Waals surface area contributed by atoms with E-state index in [2.05, 4.69) is 5.32 Å². The molecule has 4 aromatic rings. The van der Waals surface area contributed by atoms with Crippen LogP contribution in [-0.2, 0) is 32.6 Å². The van der Waals surface area contributed by atoms with Gasteiger partial charge < -0.3 is 15.0 Å². The molecule has 2 amide bonds. The van der Waals surface area contributed by atoms with Gasteiger partial charge >= 0.3 is 0 Å². The second-order valence-corrected chi connectivity index (χ2v) is 15.1. The number of para-hydroxylation sites is 2. The first-order valence-electron chi connectivity index (χ1n) is 15.6. The number of anilines is 1. The van der Waals surface area contributed by atoms with Gasteiger partial charge in [0.05, 0.1) is 27.2 Å². The molecule has 0 aliphatic carbocycles. The number of carbonyl (C=O) groups excluding carboxylic acids is 2. The van der Waals surface area contributed by atoms with Gasteiger partial charge in [0.1, 0.15) is 18.3 Å². The molecule has 0 radical (unpaired) electrons. The summed E-state index contributed by atoms with van der Waals surface area (Å²) in [6, 6.07) is 26.4. The zero-order valence-corrected chi connectivity index (χ0v) is 30.1. The first kappa shape index (κ1) is 36.8. The highest BCUT2D eigenvalue weighted by Crippen LogP contribution is 2.33. The number of amides is 2. The van der Waals surface area contributed by atoms with Crippen molar-refractivity contribution >= 4 is 50.7 Å². The average molecular weight is 711 g/mol. The summed E-state index contributed by atoms with van der Waals surface area (Å²) in [7, 11) is -4.29. The molecule has 0 bridgehead atoms. The van der Waals surface area contributed by atoms with Crippen LogP contribution in [0.4, 0.5) is 5.69 Å². The highest BCUT2D eigenvalue weighted by atomic mass is 35.5. The summed E-state index contributed by atoms with van der Waals surface area (Å²) >= 11 is 12.6. The standard InChI is InChI=1S/C37H41Cl2N3O5S/c1-6-47-34-15-11-10-14-32(34)42(48(45,46)29-19-16-26(2)17-20-29)25-35(43)41(24-28-18-21-30(38)31(39)22-28)33(36(44)40-37(3,4)5)23-27-12-8-7-9-13-27/h7-22,33H,6,23-25H2,1-5H3,(H,40,44)/t33-/m0/s1. The van der Waals surface area contributed by atoms with Crippen molar-refractivity contribution in [1.29, 1.82) is 0 Å². The maximum atomic E-state index is 14.7. The van der Waals surface area contributed by atoms with E-state index < -0.39 is 34.1 Å². The molecule has 0 saturated carbocycles. The Balaban J connectivity index is 1.87. The van der Waals surface area contributed by atoms with Gasteiger partial charge in [0, 0.05) is 18.5 Å². The minimum Gasteiger partial charge on any atom is -0.492 e. The Bertz CT molecular complexity index is 1830. The number of benzene rings is 4. The number of hydrogen-bond acceptors (Lipinski definition) is 5. The van der Waals surface area contributed by atoms with Gasteiger partial charge in [-0.2, -0.15) is 0 Å². The fourth-order valence-electron chi connectivity index (χ4n) is 5.13. The minimum absolute atomic E-state index is 0.00884. The SMILES string of the molecule is CCOc1ccccc1N(CC(=O)N(Cc1ccc(Cl)c(Cl)c1)[C@@H](Cc1ccccc1)C(=O)NC(C)(C)C)S(=O)(=O)c1ccc(C)cc1. The summed E-state index contributed by atoms with van der Waals surface area (Å²) in [6.07, 6.45) is 0.177. The number of hydrogen-bond donors (Lipinski definition) is 1. The molecule has 48 heavy (non-hydrogen) atoms. The van der Waals surface area contributed by atoms with Gasteiger partial charge in [0.2, 0.25) is 11.8 Å². The molecule has 0 aliphatic heterocycles. The number of aryl methyl sites for hydroxylation is 1. The molecule has 4 aromatic carbocycles. The van der Waals surface area contributed by atoms with Gasteiger partial charge in [-0.05, 0) is 82.1 Å². The van der Waals surface area contributed by atoms with E-state index in [1.54, 1.807) is 61.5 Å². The van der Waals surface area contributed by atoms with Gasteiger partial charge in [-0.1, -0.05) is 89.4 Å². The number of halogens is 2. The van der Waals surface area contributed by atoms with Crippen LogP contribution in [0.3, 0.4) is 0 Å². The zero-order chi connectivity index (χ0) is 35.1. The predicted molar refractivity (Wildman–Crippen MR) is 192 cm³/mol. The van der Waals surface area contributed by atoms with Gasteiger partial charge in [-0.25, -0.2) is 8.42 Å². The Morgan fingerprint density at radius 1 is 0.854 bits per heavy atom. The Hall–Kier alpha value is -4.05. The second kappa shape index (κ2) is 15.9. The second-order valence-electron chi connectivity index (χ2n) is 12.4. The van der Waals surface area contributed by atoms with Crippen molar-refractivity contribution in [3.05, 3.63) is 124 Å². The Morgan fingerprint density at radius 3 is 2.12 bits per heavy atom. The molecular formula is C37H41Cl2N3O5S. The highest BCUT2D eigenvalue weighted by molar-refractivity contribution is 7.92. The molecule has 8 nitrogen and oxygen atoms in total. The van der Waals surface area contributed by atoms with Gasteiger partial charge in [-0.3, -0.25) is 13.9 Å². The molecule has 1 atom stereocenters. The summed E-state index contributed by atoms with van der Waals surface area (Å²) in [6.45, 7) is 8.84. The Kier molecular flexibility index (Phi) is 12.2. The maximum Gasteiger partial charge on any atom is 0.264 e. The van der Waals surface area contributed by atoms with Crippen LogP contribution in [0.15, 0.2) is 102 Å². The largest absolute Gasteiger partial charge is 0.492 e. The molecular weight excluding hydrogens is 669 g/mol. The lowest BCUT2D eigenvalue weighted by atomic mass is 10.0. The quantitative estimate of drug-likeness (QED) is 0.156. The summed E-state index contributed by atoms with van der Waals surface area (Å²) in [5.41, 5.74) is 1.90. The molecule has 0 unspecified atom stereocenters. The van der Waals surface area contributed by atoms with Gasteiger partial charge in [-0.15, -0.1) is 0 Å². The molecule has 0 heterocycles. The Labute approximate surface area is 293 Å². The van der Waals surface area contributed by atoms with Gasteiger partial charge in [0.15, 0.2) is 0 Å². The first-order valence-corrected chi connectivity index (χ1v) is 17.8. The lowest BCUT2D eigenvalue weighted by Gasteiger charge is -2.35. The third kappa shape index (κ3) is 9.52. The van der Waals surface area contributed by atoms with Gasteiger partial charge in [0.25, 0.3) is 10.0 Å². The lowest BCUT2D eigenvalue weighted by Crippen LogP contribution is -2.56. The van der Waals surface area contributed by atoms with E-state index in [0.29, 0.717) is 16.3 Å². The number of carbonyl (C=O) groups is 2.